The molecule has 0 spiro atoms. The molecule has 0 bridgehead atoms. The summed E-state index contributed by atoms with van der Waals surface area (Å²) in [5, 5.41) is 0. The minimum atomic E-state index is 0.00658. The van der Waals surface area contributed by atoms with Crippen molar-refractivity contribution in [3.63, 3.8) is 0 Å². The number of hydrogen-bond donors (Lipinski definition) is 0. The van der Waals surface area contributed by atoms with E-state index in [1.165, 1.54) is 0 Å². The second kappa shape index (κ2) is 6.18. The van der Waals surface area contributed by atoms with Gasteiger partial charge in [-0.1, -0.05) is 28.1 Å². The van der Waals surface area contributed by atoms with Gasteiger partial charge in [0.1, 0.15) is 0 Å². The molecule has 0 radical (unpaired) electrons. The fourth-order valence-corrected chi connectivity index (χ4v) is 2.39. The molecule has 0 N–H and O–H groups in total. The minimum absolute atomic E-state index is 0.00658. The van der Waals surface area contributed by atoms with Crippen molar-refractivity contribution in [1.29, 1.82) is 0 Å². The van der Waals surface area contributed by atoms with Crippen LogP contribution in [0.25, 0.3) is 0 Å². The fourth-order valence-electron chi connectivity index (χ4n) is 2.03. The van der Waals surface area contributed by atoms with Crippen LogP contribution >= 0.6 is 15.9 Å². The number of aromatic nitrogens is 1. The lowest BCUT2D eigenvalue weighted by Gasteiger charge is -2.18. The minimum Gasteiger partial charge on any atom is -0.336 e. The number of aryl methyl sites for hydroxylation is 2. The third-order valence-corrected chi connectivity index (χ3v) is 3.62. The zero-order valence-corrected chi connectivity index (χ0v) is 13.4. The normalized spacial score (nSPS) is 10.4. The van der Waals surface area contributed by atoms with Gasteiger partial charge in [-0.3, -0.25) is 9.78 Å². The molecule has 0 aliphatic heterocycles. The molecule has 2 rings (SSSR count). The molecule has 0 saturated carbocycles. The third kappa shape index (κ3) is 3.45. The summed E-state index contributed by atoms with van der Waals surface area (Å²) in [6.45, 7) is 4.40. The Hall–Kier alpha value is -1.68. The molecule has 0 aliphatic rings. The highest BCUT2D eigenvalue weighted by Crippen LogP contribution is 2.18. The van der Waals surface area contributed by atoms with Crippen molar-refractivity contribution in [1.82, 2.24) is 9.88 Å². The Labute approximate surface area is 127 Å². The molecule has 0 atom stereocenters. The maximum atomic E-state index is 12.5. The molecule has 3 nitrogen and oxygen atoms in total. The summed E-state index contributed by atoms with van der Waals surface area (Å²) < 4.78 is 0.911. The molecule has 1 heterocycles. The standard InChI is InChI=1S/C16H17BrN2O/c1-11-7-8-13(17)9-15(11)16(20)19(3)10-14-6-4-5-12(2)18-14/h4-9H,10H2,1-3H3. The van der Waals surface area contributed by atoms with Crippen molar-refractivity contribution in [2.75, 3.05) is 7.05 Å². The zero-order chi connectivity index (χ0) is 14.7. The highest BCUT2D eigenvalue weighted by atomic mass is 79.9. The van der Waals surface area contributed by atoms with Crippen LogP contribution in [0.1, 0.15) is 27.3 Å². The molecule has 104 valence electrons. The largest absolute Gasteiger partial charge is 0.336 e. The monoisotopic (exact) mass is 332 g/mol. The number of rotatable bonds is 3. The third-order valence-electron chi connectivity index (χ3n) is 3.12. The van der Waals surface area contributed by atoms with Crippen molar-refractivity contribution in [3.8, 4) is 0 Å². The molecule has 4 heteroatoms. The summed E-state index contributed by atoms with van der Waals surface area (Å²) in [5.41, 5.74) is 3.55. The lowest BCUT2D eigenvalue weighted by molar-refractivity contribution is 0.0782. The predicted molar refractivity (Wildman–Crippen MR) is 83.7 cm³/mol. The summed E-state index contributed by atoms with van der Waals surface area (Å²) in [6.07, 6.45) is 0. The summed E-state index contributed by atoms with van der Waals surface area (Å²) in [5.74, 6) is 0.00658. The van der Waals surface area contributed by atoms with Gasteiger partial charge in [0.2, 0.25) is 0 Å². The molecule has 0 fully saturated rings. The second-order valence-corrected chi connectivity index (χ2v) is 5.81. The Balaban J connectivity index is 2.18. The Morgan fingerprint density at radius 2 is 2.00 bits per heavy atom. The van der Waals surface area contributed by atoms with E-state index in [-0.39, 0.29) is 5.91 Å². The quantitative estimate of drug-likeness (QED) is 0.857. The Morgan fingerprint density at radius 3 is 2.70 bits per heavy atom. The van der Waals surface area contributed by atoms with Crippen LogP contribution in [0.4, 0.5) is 0 Å². The molecule has 1 aromatic carbocycles. The lowest BCUT2D eigenvalue weighted by atomic mass is 10.1. The molecule has 0 aliphatic carbocycles. The second-order valence-electron chi connectivity index (χ2n) is 4.89. The number of pyridine rings is 1. The van der Waals surface area contributed by atoms with Gasteiger partial charge in [-0.05, 0) is 43.7 Å². The van der Waals surface area contributed by atoms with E-state index in [1.54, 1.807) is 11.9 Å². The van der Waals surface area contributed by atoms with Gasteiger partial charge < -0.3 is 4.90 Å². The first kappa shape index (κ1) is 14.7. The zero-order valence-electron chi connectivity index (χ0n) is 11.9. The van der Waals surface area contributed by atoms with Gasteiger partial charge in [0.25, 0.3) is 5.91 Å². The topological polar surface area (TPSA) is 33.2 Å². The molecular weight excluding hydrogens is 316 g/mol. The van der Waals surface area contributed by atoms with E-state index >= 15 is 0 Å². The van der Waals surface area contributed by atoms with E-state index < -0.39 is 0 Å². The van der Waals surface area contributed by atoms with Crippen molar-refractivity contribution < 1.29 is 4.79 Å². The van der Waals surface area contributed by atoms with Gasteiger partial charge in [-0.15, -0.1) is 0 Å². The van der Waals surface area contributed by atoms with E-state index in [0.717, 1.165) is 27.0 Å². The van der Waals surface area contributed by atoms with Crippen LogP contribution in [0, 0.1) is 13.8 Å². The van der Waals surface area contributed by atoms with Crippen LogP contribution in [-0.2, 0) is 6.54 Å². The number of benzene rings is 1. The van der Waals surface area contributed by atoms with Crippen LogP contribution in [0.2, 0.25) is 0 Å². The summed E-state index contributed by atoms with van der Waals surface area (Å²) in [7, 11) is 1.80. The van der Waals surface area contributed by atoms with Crippen LogP contribution in [-0.4, -0.2) is 22.8 Å². The van der Waals surface area contributed by atoms with Crippen LogP contribution in [0.15, 0.2) is 40.9 Å². The summed E-state index contributed by atoms with van der Waals surface area (Å²) in [6, 6.07) is 11.6. The maximum absolute atomic E-state index is 12.5. The van der Waals surface area contributed by atoms with Crippen molar-refractivity contribution in [2.24, 2.45) is 0 Å². The SMILES string of the molecule is Cc1cccc(CN(C)C(=O)c2cc(Br)ccc2C)n1. The number of carbonyl (C=O) groups excluding carboxylic acids is 1. The molecule has 0 saturated heterocycles. The van der Waals surface area contributed by atoms with Crippen LogP contribution < -0.4 is 0 Å². The smallest absolute Gasteiger partial charge is 0.254 e. The van der Waals surface area contributed by atoms with Crippen LogP contribution in [0.3, 0.4) is 0 Å². The highest BCUT2D eigenvalue weighted by Gasteiger charge is 2.15. The average Bonchev–Trinajstić information content (AvgIpc) is 2.40. The molecule has 1 aromatic heterocycles. The van der Waals surface area contributed by atoms with E-state index in [9.17, 15) is 4.79 Å². The fraction of sp³-hybridized carbons (Fsp3) is 0.250. The number of halogens is 1. The Bertz CT molecular complexity index is 640. The molecular formula is C16H17BrN2O. The number of nitrogens with zero attached hydrogens (tertiary/aromatic N) is 2. The Morgan fingerprint density at radius 1 is 1.25 bits per heavy atom. The van der Waals surface area contributed by atoms with Gasteiger partial charge in [0, 0.05) is 22.8 Å². The first-order chi connectivity index (χ1) is 9.47. The van der Waals surface area contributed by atoms with Crippen molar-refractivity contribution >= 4 is 21.8 Å². The van der Waals surface area contributed by atoms with Crippen molar-refractivity contribution in [2.45, 2.75) is 20.4 Å². The number of carbonyl (C=O) groups is 1. The summed E-state index contributed by atoms with van der Waals surface area (Å²) >= 11 is 3.41. The van der Waals surface area contributed by atoms with Gasteiger partial charge >= 0.3 is 0 Å². The van der Waals surface area contributed by atoms with Gasteiger partial charge in [0.15, 0.2) is 0 Å². The Kier molecular flexibility index (Phi) is 4.55. The van der Waals surface area contributed by atoms with E-state index in [2.05, 4.69) is 20.9 Å². The maximum Gasteiger partial charge on any atom is 0.254 e. The first-order valence-corrected chi connectivity index (χ1v) is 7.21. The van der Waals surface area contributed by atoms with E-state index in [4.69, 9.17) is 0 Å². The number of hydrogen-bond acceptors (Lipinski definition) is 2. The molecule has 2 aromatic rings. The van der Waals surface area contributed by atoms with Crippen LogP contribution in [0.5, 0.6) is 0 Å². The molecule has 0 unspecified atom stereocenters. The lowest BCUT2D eigenvalue weighted by Crippen LogP contribution is -2.27. The summed E-state index contributed by atoms with van der Waals surface area (Å²) in [4.78, 5) is 18.6. The van der Waals surface area contributed by atoms with Gasteiger partial charge in [0.05, 0.1) is 12.2 Å². The molecule has 1 amide bonds. The van der Waals surface area contributed by atoms with E-state index in [1.807, 2.05) is 50.2 Å². The predicted octanol–water partition coefficient (Wildman–Crippen LogP) is 3.73. The van der Waals surface area contributed by atoms with E-state index in [0.29, 0.717) is 6.54 Å². The highest BCUT2D eigenvalue weighted by molar-refractivity contribution is 9.10. The van der Waals surface area contributed by atoms with Gasteiger partial charge in [-0.25, -0.2) is 0 Å². The average molecular weight is 333 g/mol. The van der Waals surface area contributed by atoms with Crippen molar-refractivity contribution in [3.05, 3.63) is 63.4 Å². The molecule has 20 heavy (non-hydrogen) atoms. The number of amides is 1. The first-order valence-electron chi connectivity index (χ1n) is 6.41. The van der Waals surface area contributed by atoms with Gasteiger partial charge in [-0.2, -0.15) is 0 Å².